The molecule has 2 heterocycles. The van der Waals surface area contributed by atoms with Crippen LogP contribution in [0.4, 0.5) is 5.00 Å². The highest BCUT2D eigenvalue weighted by molar-refractivity contribution is 7.10. The largest absolute Gasteiger partial charge is 0.365 e. The van der Waals surface area contributed by atoms with Crippen molar-refractivity contribution in [1.82, 2.24) is 14.5 Å². The molecule has 3 aromatic rings. The molecule has 1 N–H and O–H groups in total. The molecule has 2 aromatic heterocycles. The summed E-state index contributed by atoms with van der Waals surface area (Å²) in [4.78, 5) is 4.35. The summed E-state index contributed by atoms with van der Waals surface area (Å²) < 4.78 is 9.20. The molecule has 23 heavy (non-hydrogen) atoms. The summed E-state index contributed by atoms with van der Waals surface area (Å²) in [5.74, 6) is 0.858. The van der Waals surface area contributed by atoms with Gasteiger partial charge >= 0.3 is 0 Å². The number of aromatic nitrogens is 3. The second kappa shape index (κ2) is 6.54. The first kappa shape index (κ1) is 15.7. The van der Waals surface area contributed by atoms with E-state index in [1.54, 1.807) is 24.3 Å². The zero-order chi connectivity index (χ0) is 16.4. The lowest BCUT2D eigenvalue weighted by atomic mass is 10.2. The van der Waals surface area contributed by atoms with Crippen LogP contribution < -0.4 is 5.32 Å². The quantitative estimate of drug-likeness (QED) is 0.729. The predicted molar refractivity (Wildman–Crippen MR) is 88.6 cm³/mol. The van der Waals surface area contributed by atoms with E-state index in [1.165, 1.54) is 0 Å². The van der Waals surface area contributed by atoms with Crippen molar-refractivity contribution in [2.75, 3.05) is 5.32 Å². The fourth-order valence-electron chi connectivity index (χ4n) is 1.85. The molecule has 3 rings (SSSR count). The molecule has 0 saturated carbocycles. The van der Waals surface area contributed by atoms with Crippen LogP contribution in [-0.4, -0.2) is 14.5 Å². The highest BCUT2D eigenvalue weighted by Gasteiger charge is 2.19. The standard InChI is InChI=1S/C14H9Cl2N5OS/c1-7(18-14-10(6-17)11(16)21-23-14)12-19-13(22-20-12)8-2-4-9(15)5-3-8/h2-5,7,18H,1H3. The van der Waals surface area contributed by atoms with Crippen molar-refractivity contribution in [3.63, 3.8) is 0 Å². The molecule has 1 atom stereocenters. The number of anilines is 1. The highest BCUT2D eigenvalue weighted by atomic mass is 35.5. The number of nitrogens with one attached hydrogen (secondary N) is 1. The molecule has 0 aliphatic carbocycles. The van der Waals surface area contributed by atoms with E-state index in [4.69, 9.17) is 33.0 Å². The number of hydrogen-bond acceptors (Lipinski definition) is 7. The van der Waals surface area contributed by atoms with Gasteiger partial charge in [0.2, 0.25) is 0 Å². The fraction of sp³-hybridized carbons (Fsp3) is 0.143. The van der Waals surface area contributed by atoms with E-state index in [0.29, 0.717) is 27.3 Å². The third-order valence-corrected chi connectivity index (χ3v) is 4.43. The van der Waals surface area contributed by atoms with Crippen LogP contribution in [0.15, 0.2) is 28.8 Å². The molecule has 0 spiro atoms. The van der Waals surface area contributed by atoms with Gasteiger partial charge in [-0.25, -0.2) is 0 Å². The lowest BCUT2D eigenvalue weighted by Gasteiger charge is -2.08. The van der Waals surface area contributed by atoms with E-state index in [0.717, 1.165) is 17.1 Å². The number of nitrogens with zero attached hydrogens (tertiary/aromatic N) is 4. The molecule has 1 unspecified atom stereocenters. The Morgan fingerprint density at radius 3 is 2.74 bits per heavy atom. The number of halogens is 2. The first-order chi connectivity index (χ1) is 11.1. The number of hydrogen-bond donors (Lipinski definition) is 1. The summed E-state index contributed by atoms with van der Waals surface area (Å²) >= 11 is 12.8. The molecule has 1 aromatic carbocycles. The fourth-order valence-corrected chi connectivity index (χ4v) is 3.00. The SMILES string of the molecule is CC(Nc1snc(Cl)c1C#N)c1noc(-c2ccc(Cl)cc2)n1. The van der Waals surface area contributed by atoms with Gasteiger partial charge in [-0.05, 0) is 42.7 Å². The van der Waals surface area contributed by atoms with Crippen molar-refractivity contribution in [2.45, 2.75) is 13.0 Å². The minimum Gasteiger partial charge on any atom is -0.365 e. The van der Waals surface area contributed by atoms with E-state index in [1.807, 2.05) is 13.0 Å². The van der Waals surface area contributed by atoms with Crippen LogP contribution >= 0.6 is 34.7 Å². The molecule has 0 saturated heterocycles. The Bertz CT molecular complexity index is 868. The maximum Gasteiger partial charge on any atom is 0.257 e. The van der Waals surface area contributed by atoms with Crippen LogP contribution in [0, 0.1) is 11.3 Å². The van der Waals surface area contributed by atoms with E-state index in [-0.39, 0.29) is 11.2 Å². The molecule has 0 amide bonds. The third kappa shape index (κ3) is 3.29. The lowest BCUT2D eigenvalue weighted by molar-refractivity contribution is 0.420. The first-order valence-corrected chi connectivity index (χ1v) is 8.02. The Kier molecular flexibility index (Phi) is 4.48. The summed E-state index contributed by atoms with van der Waals surface area (Å²) in [6.45, 7) is 1.85. The Balaban J connectivity index is 1.80. The van der Waals surface area contributed by atoms with Crippen molar-refractivity contribution in [1.29, 1.82) is 5.26 Å². The molecule has 116 valence electrons. The smallest absolute Gasteiger partial charge is 0.257 e. The highest BCUT2D eigenvalue weighted by Crippen LogP contribution is 2.30. The average molecular weight is 366 g/mol. The Morgan fingerprint density at radius 2 is 2.04 bits per heavy atom. The molecular weight excluding hydrogens is 357 g/mol. The van der Waals surface area contributed by atoms with Gasteiger partial charge in [0.25, 0.3) is 5.89 Å². The van der Waals surface area contributed by atoms with Crippen molar-refractivity contribution in [3.8, 4) is 17.5 Å². The van der Waals surface area contributed by atoms with E-state index < -0.39 is 0 Å². The average Bonchev–Trinajstić information content (AvgIpc) is 3.15. The first-order valence-electron chi connectivity index (χ1n) is 6.50. The topological polar surface area (TPSA) is 87.6 Å². The second-order valence-electron chi connectivity index (χ2n) is 4.62. The minimum absolute atomic E-state index is 0.183. The molecule has 9 heteroatoms. The zero-order valence-corrected chi connectivity index (χ0v) is 14.1. The number of nitriles is 1. The van der Waals surface area contributed by atoms with Gasteiger partial charge in [-0.1, -0.05) is 28.4 Å². The summed E-state index contributed by atoms with van der Waals surface area (Å²) in [6, 6.07) is 8.84. The Morgan fingerprint density at radius 1 is 1.30 bits per heavy atom. The predicted octanol–water partition coefficient (Wildman–Crippen LogP) is 4.54. The Labute approximate surface area is 145 Å². The Hall–Kier alpha value is -2.14. The van der Waals surface area contributed by atoms with Crippen LogP contribution in [0.5, 0.6) is 0 Å². The summed E-state index contributed by atoms with van der Waals surface area (Å²) in [6.07, 6.45) is 0. The van der Waals surface area contributed by atoms with Gasteiger partial charge in [0.05, 0.1) is 6.04 Å². The molecule has 0 aliphatic heterocycles. The van der Waals surface area contributed by atoms with E-state index >= 15 is 0 Å². The second-order valence-corrected chi connectivity index (χ2v) is 6.19. The minimum atomic E-state index is -0.275. The van der Waals surface area contributed by atoms with Gasteiger partial charge in [0.15, 0.2) is 11.0 Å². The van der Waals surface area contributed by atoms with E-state index in [2.05, 4.69) is 19.8 Å². The van der Waals surface area contributed by atoms with Crippen molar-refractivity contribution in [2.24, 2.45) is 0 Å². The van der Waals surface area contributed by atoms with Gasteiger partial charge in [-0.15, -0.1) is 0 Å². The van der Waals surface area contributed by atoms with Gasteiger partial charge in [0, 0.05) is 10.6 Å². The molecular formula is C14H9Cl2N5OS. The van der Waals surface area contributed by atoms with Crippen molar-refractivity contribution >= 4 is 39.7 Å². The molecule has 6 nitrogen and oxygen atoms in total. The van der Waals surface area contributed by atoms with Crippen LogP contribution in [0.2, 0.25) is 10.2 Å². The monoisotopic (exact) mass is 365 g/mol. The summed E-state index contributed by atoms with van der Waals surface area (Å²) in [5.41, 5.74) is 1.09. The normalized spacial score (nSPS) is 11.9. The van der Waals surface area contributed by atoms with Crippen LogP contribution in [-0.2, 0) is 0 Å². The van der Waals surface area contributed by atoms with Gasteiger partial charge in [-0.2, -0.15) is 14.6 Å². The third-order valence-electron chi connectivity index (χ3n) is 3.03. The number of rotatable bonds is 4. The van der Waals surface area contributed by atoms with Crippen molar-refractivity contribution < 1.29 is 4.52 Å². The van der Waals surface area contributed by atoms with Crippen LogP contribution in [0.25, 0.3) is 11.5 Å². The van der Waals surface area contributed by atoms with Crippen molar-refractivity contribution in [3.05, 3.63) is 45.8 Å². The van der Waals surface area contributed by atoms with Crippen LogP contribution in [0.1, 0.15) is 24.4 Å². The summed E-state index contributed by atoms with van der Waals surface area (Å²) in [7, 11) is 0. The van der Waals surface area contributed by atoms with Gasteiger partial charge in [0.1, 0.15) is 16.6 Å². The molecule has 0 fully saturated rings. The molecule has 0 aliphatic rings. The molecule has 0 bridgehead atoms. The van der Waals surface area contributed by atoms with E-state index in [9.17, 15) is 0 Å². The van der Waals surface area contributed by atoms with Gasteiger partial charge < -0.3 is 9.84 Å². The lowest BCUT2D eigenvalue weighted by Crippen LogP contribution is -2.08. The molecule has 0 radical (unpaired) electrons. The van der Waals surface area contributed by atoms with Gasteiger partial charge in [-0.3, -0.25) is 0 Å². The van der Waals surface area contributed by atoms with Crippen LogP contribution in [0.3, 0.4) is 0 Å². The number of benzene rings is 1. The maximum absolute atomic E-state index is 9.08. The maximum atomic E-state index is 9.08. The zero-order valence-electron chi connectivity index (χ0n) is 11.7. The summed E-state index contributed by atoms with van der Waals surface area (Å²) in [5, 5.41) is 17.5.